The summed E-state index contributed by atoms with van der Waals surface area (Å²) < 4.78 is 16.2. The van der Waals surface area contributed by atoms with Crippen molar-refractivity contribution in [3.05, 3.63) is 59.2 Å². The number of hydrazone groups is 1. The molecule has 1 saturated heterocycles. The summed E-state index contributed by atoms with van der Waals surface area (Å²) in [7, 11) is 0. The topological polar surface area (TPSA) is 80.7 Å². The number of nitrogens with zero attached hydrogens (tertiary/aromatic N) is 3. The fraction of sp³-hybridized carbons (Fsp3) is 0.444. The van der Waals surface area contributed by atoms with Crippen molar-refractivity contribution in [1.29, 1.82) is 0 Å². The SMILES string of the molecule is CCOC(=O)C1CCN(CC(=O)N2N=C(c3ccc(C)cc3)CC2c2ccc3c(c2)OCO3)CC1. The van der Waals surface area contributed by atoms with Gasteiger partial charge in [0.05, 0.1) is 30.8 Å². The Morgan fingerprint density at radius 3 is 2.54 bits per heavy atom. The number of benzene rings is 2. The third-order valence-electron chi connectivity index (χ3n) is 6.90. The predicted octanol–water partition coefficient (Wildman–Crippen LogP) is 3.68. The first-order valence-electron chi connectivity index (χ1n) is 12.3. The van der Waals surface area contributed by atoms with E-state index < -0.39 is 0 Å². The largest absolute Gasteiger partial charge is 0.466 e. The predicted molar refractivity (Wildman–Crippen MR) is 130 cm³/mol. The lowest BCUT2D eigenvalue weighted by Gasteiger charge is -2.32. The number of piperidine rings is 1. The Morgan fingerprint density at radius 2 is 1.80 bits per heavy atom. The molecule has 0 bridgehead atoms. The van der Waals surface area contributed by atoms with Crippen molar-refractivity contribution >= 4 is 17.6 Å². The molecule has 0 saturated carbocycles. The number of hydrogen-bond acceptors (Lipinski definition) is 7. The molecule has 35 heavy (non-hydrogen) atoms. The van der Waals surface area contributed by atoms with Crippen LogP contribution in [0.4, 0.5) is 0 Å². The molecule has 0 radical (unpaired) electrons. The van der Waals surface area contributed by atoms with Crippen molar-refractivity contribution in [2.45, 2.75) is 39.2 Å². The van der Waals surface area contributed by atoms with Crippen LogP contribution in [0.2, 0.25) is 0 Å². The zero-order chi connectivity index (χ0) is 24.4. The second-order valence-electron chi connectivity index (χ2n) is 9.29. The van der Waals surface area contributed by atoms with Crippen LogP contribution in [0.5, 0.6) is 11.5 Å². The lowest BCUT2D eigenvalue weighted by molar-refractivity contribution is -0.149. The third-order valence-corrected chi connectivity index (χ3v) is 6.90. The molecule has 0 spiro atoms. The van der Waals surface area contributed by atoms with Crippen LogP contribution in [0, 0.1) is 12.8 Å². The molecule has 8 heteroatoms. The molecule has 3 heterocycles. The van der Waals surface area contributed by atoms with Gasteiger partial charge >= 0.3 is 5.97 Å². The molecule has 5 rings (SSSR count). The van der Waals surface area contributed by atoms with E-state index in [1.54, 1.807) is 5.01 Å². The number of ether oxygens (including phenoxy) is 3. The summed E-state index contributed by atoms with van der Waals surface area (Å²) in [6.45, 7) is 6.12. The van der Waals surface area contributed by atoms with Crippen LogP contribution in [0.25, 0.3) is 0 Å². The van der Waals surface area contributed by atoms with Gasteiger partial charge in [-0.1, -0.05) is 35.9 Å². The molecule has 2 aromatic carbocycles. The van der Waals surface area contributed by atoms with Crippen LogP contribution in [0.3, 0.4) is 0 Å². The molecular formula is C27H31N3O5. The second kappa shape index (κ2) is 10.1. The molecule has 8 nitrogen and oxygen atoms in total. The first-order valence-corrected chi connectivity index (χ1v) is 12.3. The highest BCUT2D eigenvalue weighted by atomic mass is 16.7. The van der Waals surface area contributed by atoms with Gasteiger partial charge in [-0.05, 0) is 63.0 Å². The maximum atomic E-state index is 13.5. The minimum absolute atomic E-state index is 0.0515. The number of carbonyl (C=O) groups is 2. The highest BCUT2D eigenvalue weighted by molar-refractivity contribution is 6.03. The molecular weight excluding hydrogens is 446 g/mol. The Labute approximate surface area is 205 Å². The Kier molecular flexibility index (Phi) is 6.72. The average molecular weight is 478 g/mol. The number of rotatable bonds is 6. The molecule has 1 unspecified atom stereocenters. The minimum atomic E-state index is -0.217. The molecule has 3 aliphatic rings. The molecule has 0 aromatic heterocycles. The van der Waals surface area contributed by atoms with Crippen molar-refractivity contribution < 1.29 is 23.8 Å². The minimum Gasteiger partial charge on any atom is -0.466 e. The van der Waals surface area contributed by atoms with Crippen molar-refractivity contribution in [3.8, 4) is 11.5 Å². The number of fused-ring (bicyclic) bond motifs is 1. The zero-order valence-corrected chi connectivity index (χ0v) is 20.2. The van der Waals surface area contributed by atoms with Gasteiger partial charge in [-0.2, -0.15) is 5.10 Å². The van der Waals surface area contributed by atoms with Gasteiger partial charge < -0.3 is 14.2 Å². The van der Waals surface area contributed by atoms with E-state index in [2.05, 4.69) is 36.1 Å². The van der Waals surface area contributed by atoms with E-state index in [-0.39, 0.29) is 37.2 Å². The number of esters is 1. The number of amides is 1. The van der Waals surface area contributed by atoms with E-state index in [9.17, 15) is 9.59 Å². The number of likely N-dealkylation sites (tertiary alicyclic amines) is 1. The van der Waals surface area contributed by atoms with Crippen molar-refractivity contribution in [1.82, 2.24) is 9.91 Å². The number of carbonyl (C=O) groups excluding carboxylic acids is 2. The fourth-order valence-corrected chi connectivity index (χ4v) is 4.89. The fourth-order valence-electron chi connectivity index (χ4n) is 4.89. The van der Waals surface area contributed by atoms with Gasteiger partial charge in [-0.3, -0.25) is 14.5 Å². The number of aryl methyl sites for hydroxylation is 1. The van der Waals surface area contributed by atoms with Gasteiger partial charge in [-0.25, -0.2) is 5.01 Å². The lowest BCUT2D eigenvalue weighted by atomic mass is 9.96. The van der Waals surface area contributed by atoms with Gasteiger partial charge in [0, 0.05) is 6.42 Å². The summed E-state index contributed by atoms with van der Waals surface area (Å²) in [6.07, 6.45) is 2.03. The third kappa shape index (κ3) is 5.03. The van der Waals surface area contributed by atoms with Crippen LogP contribution in [0.15, 0.2) is 47.6 Å². The maximum absolute atomic E-state index is 13.5. The van der Waals surface area contributed by atoms with Gasteiger partial charge in [0.1, 0.15) is 0 Å². The Balaban J connectivity index is 1.33. The smallest absolute Gasteiger partial charge is 0.309 e. The summed E-state index contributed by atoms with van der Waals surface area (Å²) >= 11 is 0. The molecule has 1 amide bonds. The Bertz CT molecular complexity index is 1120. The lowest BCUT2D eigenvalue weighted by Crippen LogP contribution is -2.43. The van der Waals surface area contributed by atoms with Crippen LogP contribution in [-0.2, 0) is 14.3 Å². The van der Waals surface area contributed by atoms with E-state index in [1.807, 2.05) is 25.1 Å². The molecule has 1 fully saturated rings. The maximum Gasteiger partial charge on any atom is 0.309 e. The second-order valence-corrected chi connectivity index (χ2v) is 9.29. The number of hydrogen-bond donors (Lipinski definition) is 0. The van der Waals surface area contributed by atoms with E-state index in [4.69, 9.17) is 19.3 Å². The summed E-state index contributed by atoms with van der Waals surface area (Å²) in [5, 5.41) is 6.43. The van der Waals surface area contributed by atoms with Crippen LogP contribution in [0.1, 0.15) is 48.9 Å². The van der Waals surface area contributed by atoms with Crippen molar-refractivity contribution in [3.63, 3.8) is 0 Å². The van der Waals surface area contributed by atoms with Crippen LogP contribution >= 0.6 is 0 Å². The highest BCUT2D eigenvalue weighted by Crippen LogP contribution is 2.39. The molecule has 0 N–H and O–H groups in total. The normalized spacial score (nSPS) is 20.1. The summed E-state index contributed by atoms with van der Waals surface area (Å²) in [5.74, 6) is 1.15. The first-order chi connectivity index (χ1) is 17.0. The molecule has 1 atom stereocenters. The highest BCUT2D eigenvalue weighted by Gasteiger charge is 2.35. The van der Waals surface area contributed by atoms with E-state index >= 15 is 0 Å². The quantitative estimate of drug-likeness (QED) is 0.591. The molecule has 0 aliphatic carbocycles. The van der Waals surface area contributed by atoms with Gasteiger partial charge in [0.25, 0.3) is 5.91 Å². The van der Waals surface area contributed by atoms with Crippen LogP contribution in [-0.4, -0.2) is 60.5 Å². The average Bonchev–Trinajstić information content (AvgIpc) is 3.52. The molecule has 184 valence electrons. The summed E-state index contributed by atoms with van der Waals surface area (Å²) in [6, 6.07) is 13.8. The van der Waals surface area contributed by atoms with E-state index in [1.165, 1.54) is 5.56 Å². The summed E-state index contributed by atoms with van der Waals surface area (Å²) in [5.41, 5.74) is 4.06. The first kappa shape index (κ1) is 23.4. The van der Waals surface area contributed by atoms with E-state index in [0.717, 1.165) is 16.8 Å². The summed E-state index contributed by atoms with van der Waals surface area (Å²) in [4.78, 5) is 27.7. The van der Waals surface area contributed by atoms with Gasteiger partial charge in [0.2, 0.25) is 6.79 Å². The Morgan fingerprint density at radius 1 is 1.06 bits per heavy atom. The zero-order valence-electron chi connectivity index (χ0n) is 20.2. The monoisotopic (exact) mass is 477 g/mol. The Hall–Kier alpha value is -3.39. The van der Waals surface area contributed by atoms with Crippen molar-refractivity contribution in [2.24, 2.45) is 11.0 Å². The van der Waals surface area contributed by atoms with Crippen molar-refractivity contribution in [2.75, 3.05) is 33.0 Å². The standard InChI is InChI=1S/C27H31N3O5/c1-3-33-27(32)20-10-12-29(13-11-20)16-26(31)30-23(21-8-9-24-25(14-21)35-17-34-24)15-22(28-30)19-6-4-18(2)5-7-19/h4-9,14,20,23H,3,10-13,15-17H2,1-2H3. The van der Waals surface area contributed by atoms with Crippen LogP contribution < -0.4 is 9.47 Å². The van der Waals surface area contributed by atoms with Gasteiger partial charge in [0.15, 0.2) is 11.5 Å². The molecule has 3 aliphatic heterocycles. The molecule has 2 aromatic rings. The van der Waals surface area contributed by atoms with Gasteiger partial charge in [-0.15, -0.1) is 0 Å². The van der Waals surface area contributed by atoms with E-state index in [0.29, 0.717) is 50.5 Å².